The predicted molar refractivity (Wildman–Crippen MR) is 134 cm³/mol. The summed E-state index contributed by atoms with van der Waals surface area (Å²) >= 11 is 12.8. The number of halogens is 2. The number of rotatable bonds is 4. The highest BCUT2D eigenvalue weighted by Crippen LogP contribution is 2.59. The Morgan fingerprint density at radius 2 is 1.76 bits per heavy atom. The fourth-order valence-corrected chi connectivity index (χ4v) is 5.94. The number of phenols is 1. The second kappa shape index (κ2) is 8.46. The first-order valence-electron chi connectivity index (χ1n) is 10.9. The number of amides is 2. The molecule has 1 aliphatic carbocycles. The molecule has 170 valence electrons. The Kier molecular flexibility index (Phi) is 5.59. The van der Waals surface area contributed by atoms with Gasteiger partial charge in [0.2, 0.25) is 11.8 Å². The summed E-state index contributed by atoms with van der Waals surface area (Å²) in [5, 5.41) is 10.7. The summed E-state index contributed by atoms with van der Waals surface area (Å²) < 4.78 is 0. The van der Waals surface area contributed by atoms with Gasteiger partial charge in [-0.2, -0.15) is 0 Å². The quantitative estimate of drug-likeness (QED) is 0.429. The lowest BCUT2D eigenvalue weighted by atomic mass is 9.56. The van der Waals surface area contributed by atoms with Crippen LogP contribution in [0.1, 0.15) is 23.5 Å². The molecule has 0 unspecified atom stereocenters. The van der Waals surface area contributed by atoms with Crippen LogP contribution in [0.4, 0.5) is 5.69 Å². The Morgan fingerprint density at radius 1 is 1.00 bits per heavy atom. The van der Waals surface area contributed by atoms with Crippen LogP contribution in [0.15, 0.2) is 97.1 Å². The summed E-state index contributed by atoms with van der Waals surface area (Å²) in [5.41, 5.74) is 1.36. The van der Waals surface area contributed by atoms with Gasteiger partial charge in [0.15, 0.2) is 0 Å². The Balaban J connectivity index is 1.83. The molecule has 1 saturated heterocycles. The molecular weight excluding hydrogens is 469 g/mol. The number of phenolic OH excluding ortho intramolecular Hbond substituents is 1. The molecule has 0 spiro atoms. The maximum absolute atomic E-state index is 14.5. The van der Waals surface area contributed by atoms with Gasteiger partial charge in [-0.15, -0.1) is 0 Å². The molecule has 1 heterocycles. The van der Waals surface area contributed by atoms with Gasteiger partial charge in [-0.05, 0) is 53.5 Å². The van der Waals surface area contributed by atoms with E-state index in [1.54, 1.807) is 42.5 Å². The predicted octanol–water partition coefficient (Wildman–Crippen LogP) is 6.43. The van der Waals surface area contributed by atoms with Crippen molar-refractivity contribution in [3.05, 3.63) is 118 Å². The number of hydrogen-bond acceptors (Lipinski definition) is 3. The molecule has 1 fully saturated rings. The summed E-state index contributed by atoms with van der Waals surface area (Å²) in [6.07, 6.45) is 4.05. The van der Waals surface area contributed by atoms with Gasteiger partial charge in [0.05, 0.1) is 17.0 Å². The number of benzene rings is 3. The van der Waals surface area contributed by atoms with Gasteiger partial charge in [-0.25, -0.2) is 4.90 Å². The van der Waals surface area contributed by atoms with Gasteiger partial charge < -0.3 is 5.11 Å². The molecule has 0 radical (unpaired) electrons. The first-order chi connectivity index (χ1) is 16.4. The molecule has 6 heteroatoms. The third kappa shape index (κ3) is 3.21. The lowest BCUT2D eigenvalue weighted by Gasteiger charge is -2.43. The van der Waals surface area contributed by atoms with Crippen LogP contribution < -0.4 is 4.90 Å². The monoisotopic (exact) mass is 489 g/mol. The molecule has 0 bridgehead atoms. The summed E-state index contributed by atoms with van der Waals surface area (Å²) in [5.74, 6) is -1.83. The van der Waals surface area contributed by atoms with Crippen LogP contribution in [0.2, 0.25) is 10.0 Å². The third-order valence-corrected chi connectivity index (χ3v) is 7.41. The van der Waals surface area contributed by atoms with Crippen LogP contribution in [0.25, 0.3) is 0 Å². The minimum Gasteiger partial charge on any atom is -0.508 e. The smallest absolute Gasteiger partial charge is 0.246 e. The first kappa shape index (κ1) is 22.5. The van der Waals surface area contributed by atoms with Gasteiger partial charge in [-0.3, -0.25) is 9.59 Å². The van der Waals surface area contributed by atoms with Crippen molar-refractivity contribution in [2.24, 2.45) is 5.92 Å². The van der Waals surface area contributed by atoms with Crippen molar-refractivity contribution < 1.29 is 14.7 Å². The molecular formula is C28H21Cl2NO3. The van der Waals surface area contributed by atoms with Crippen LogP contribution in [0.3, 0.4) is 0 Å². The number of nitrogens with zero attached hydrogens (tertiary/aromatic N) is 1. The number of fused-ring (bicyclic) bond motifs is 1. The molecule has 3 atom stereocenters. The average molecular weight is 490 g/mol. The van der Waals surface area contributed by atoms with Crippen molar-refractivity contribution in [1.82, 2.24) is 0 Å². The van der Waals surface area contributed by atoms with E-state index in [0.29, 0.717) is 27.7 Å². The number of allylic oxidation sites excluding steroid dienone is 3. The highest BCUT2D eigenvalue weighted by molar-refractivity contribution is 6.33. The van der Waals surface area contributed by atoms with E-state index in [0.717, 1.165) is 11.1 Å². The van der Waals surface area contributed by atoms with E-state index in [1.807, 2.05) is 36.4 Å². The van der Waals surface area contributed by atoms with Crippen molar-refractivity contribution in [2.45, 2.75) is 17.8 Å². The van der Waals surface area contributed by atoms with Crippen LogP contribution in [-0.2, 0) is 15.0 Å². The third-order valence-electron chi connectivity index (χ3n) is 6.85. The minimum absolute atomic E-state index is 0.0217. The van der Waals surface area contributed by atoms with Crippen LogP contribution in [0, 0.1) is 5.92 Å². The molecule has 0 saturated carbocycles. The minimum atomic E-state index is -1.25. The van der Waals surface area contributed by atoms with Gasteiger partial charge in [0.25, 0.3) is 0 Å². The molecule has 34 heavy (non-hydrogen) atoms. The second-order valence-corrected chi connectivity index (χ2v) is 9.37. The zero-order chi connectivity index (χ0) is 24.0. The van der Waals surface area contributed by atoms with Crippen LogP contribution in [-0.4, -0.2) is 16.9 Å². The zero-order valence-electron chi connectivity index (χ0n) is 18.1. The summed E-state index contributed by atoms with van der Waals surface area (Å²) in [7, 11) is 0. The standard InChI is InChI=1S/C28H21Cl2NO3/c1-2-17-11-14-23-26(33)31(20-10-6-9-19(29)15-20)27(34)28(23,18-7-4-3-5-8-18)25(17)22-13-12-21(32)16-24(22)30/h2-13,15-16,23,25,32H,1,14H2/t23-,25+,28+/m0/s1. The number of imide groups is 1. The molecule has 4 nitrogen and oxygen atoms in total. The summed E-state index contributed by atoms with van der Waals surface area (Å²) in [4.78, 5) is 29.7. The van der Waals surface area contributed by atoms with Gasteiger partial charge in [0.1, 0.15) is 5.75 Å². The van der Waals surface area contributed by atoms with Crippen molar-refractivity contribution in [2.75, 3.05) is 4.90 Å². The number of carbonyl (C=O) groups is 2. The molecule has 3 aromatic rings. The van der Waals surface area contributed by atoms with E-state index >= 15 is 0 Å². The van der Waals surface area contributed by atoms with Crippen LogP contribution in [0.5, 0.6) is 5.75 Å². The fourth-order valence-electron chi connectivity index (χ4n) is 5.47. The summed E-state index contributed by atoms with van der Waals surface area (Å²) in [6.45, 7) is 3.99. The maximum Gasteiger partial charge on any atom is 0.246 e. The largest absolute Gasteiger partial charge is 0.508 e. The van der Waals surface area contributed by atoms with Crippen molar-refractivity contribution in [3.63, 3.8) is 0 Å². The summed E-state index contributed by atoms with van der Waals surface area (Å²) in [6, 6.07) is 20.8. The van der Waals surface area contributed by atoms with Gasteiger partial charge >= 0.3 is 0 Å². The van der Waals surface area contributed by atoms with E-state index < -0.39 is 17.3 Å². The highest BCUT2D eigenvalue weighted by Gasteiger charge is 2.65. The van der Waals surface area contributed by atoms with E-state index in [1.165, 1.54) is 11.0 Å². The maximum atomic E-state index is 14.5. The Bertz CT molecular complexity index is 1350. The average Bonchev–Trinajstić information content (AvgIpc) is 3.06. The Labute approximate surface area is 207 Å². The number of aromatic hydroxyl groups is 1. The van der Waals surface area contributed by atoms with Crippen molar-refractivity contribution in [1.29, 1.82) is 0 Å². The van der Waals surface area contributed by atoms with Crippen molar-refractivity contribution >= 4 is 40.7 Å². The first-order valence-corrected chi connectivity index (χ1v) is 11.7. The van der Waals surface area contributed by atoms with E-state index in [4.69, 9.17) is 23.2 Å². The normalized spacial score (nSPS) is 24.1. The van der Waals surface area contributed by atoms with Crippen LogP contribution >= 0.6 is 23.2 Å². The molecule has 3 aromatic carbocycles. The fraction of sp³-hybridized carbons (Fsp3) is 0.143. The van der Waals surface area contributed by atoms with E-state index in [9.17, 15) is 14.7 Å². The molecule has 2 amide bonds. The Hall–Kier alpha value is -3.34. The topological polar surface area (TPSA) is 57.6 Å². The lowest BCUT2D eigenvalue weighted by molar-refractivity contribution is -0.123. The molecule has 1 aliphatic heterocycles. The van der Waals surface area contributed by atoms with E-state index in [2.05, 4.69) is 6.58 Å². The van der Waals surface area contributed by atoms with Crippen molar-refractivity contribution in [3.8, 4) is 5.75 Å². The zero-order valence-corrected chi connectivity index (χ0v) is 19.6. The SMILES string of the molecule is C=CC1=CC[C@H]2C(=O)N(c3cccc(Cl)c3)C(=O)[C@@]2(c2ccccc2)[C@H]1c1ccc(O)cc1Cl. The number of carbonyl (C=O) groups excluding carboxylic acids is 2. The van der Waals surface area contributed by atoms with Gasteiger partial charge in [0, 0.05) is 16.0 Å². The highest BCUT2D eigenvalue weighted by atomic mass is 35.5. The lowest BCUT2D eigenvalue weighted by Crippen LogP contribution is -2.48. The Morgan fingerprint density at radius 3 is 2.44 bits per heavy atom. The van der Waals surface area contributed by atoms with Gasteiger partial charge in [-0.1, -0.05) is 84.4 Å². The van der Waals surface area contributed by atoms with E-state index in [-0.39, 0.29) is 17.6 Å². The second-order valence-electron chi connectivity index (χ2n) is 8.53. The molecule has 5 rings (SSSR count). The molecule has 2 aliphatic rings. The molecule has 1 N–H and O–H groups in total. The molecule has 0 aromatic heterocycles. The number of hydrogen-bond donors (Lipinski definition) is 1. The number of anilines is 1.